The molecule has 0 radical (unpaired) electrons. The molecule has 0 aliphatic rings. The largest absolute Gasteiger partial charge is 0.382 e. The molecule has 0 aliphatic carbocycles. The number of rotatable bonds is 15. The number of hydrogen-bond acceptors (Lipinski definition) is 7. The van der Waals surface area contributed by atoms with Gasteiger partial charge in [0.15, 0.2) is 0 Å². The van der Waals surface area contributed by atoms with Crippen LogP contribution in [-0.2, 0) is 23.7 Å². The fraction of sp³-hybridized carbons (Fsp3) is 0.579. The minimum atomic E-state index is -0.692. The average molecular weight is 477 g/mol. The van der Waals surface area contributed by atoms with E-state index in [2.05, 4.69) is 21.2 Å². The molecule has 0 saturated heterocycles. The van der Waals surface area contributed by atoms with Gasteiger partial charge in [-0.25, -0.2) is 5.48 Å². The molecule has 3 N–H and O–H groups in total. The monoisotopic (exact) mass is 476 g/mol. The summed E-state index contributed by atoms with van der Waals surface area (Å²) < 4.78 is 21.8. The highest BCUT2D eigenvalue weighted by molar-refractivity contribution is 9.10. The summed E-state index contributed by atoms with van der Waals surface area (Å²) in [5.41, 5.74) is 2.12. The van der Waals surface area contributed by atoms with E-state index in [1.807, 2.05) is 6.92 Å². The van der Waals surface area contributed by atoms with Gasteiger partial charge in [-0.05, 0) is 37.6 Å². The second-order valence-corrected chi connectivity index (χ2v) is 7.05. The molecule has 1 aromatic carbocycles. The number of hydroxylamine groups is 1. The predicted octanol–water partition coefficient (Wildman–Crippen LogP) is 1.73. The average Bonchev–Trinajstić information content (AvgIpc) is 2.72. The van der Waals surface area contributed by atoms with E-state index in [9.17, 15) is 9.59 Å². The van der Waals surface area contributed by atoms with Crippen molar-refractivity contribution < 1.29 is 33.7 Å². The Bertz CT molecular complexity index is 601. The van der Waals surface area contributed by atoms with Gasteiger partial charge in [-0.15, -0.1) is 0 Å². The van der Waals surface area contributed by atoms with E-state index < -0.39 is 17.9 Å². The van der Waals surface area contributed by atoms with E-state index in [1.165, 1.54) is 0 Å². The Morgan fingerprint density at radius 3 is 2.45 bits per heavy atom. The van der Waals surface area contributed by atoms with Crippen molar-refractivity contribution in [3.63, 3.8) is 0 Å². The van der Waals surface area contributed by atoms with Crippen molar-refractivity contribution in [2.75, 3.05) is 46.9 Å². The molecular formula is C19H29BrN2O7. The van der Waals surface area contributed by atoms with Crippen LogP contribution in [0.25, 0.3) is 0 Å². The van der Waals surface area contributed by atoms with E-state index >= 15 is 0 Å². The Morgan fingerprint density at radius 1 is 1.10 bits per heavy atom. The fourth-order valence-electron chi connectivity index (χ4n) is 2.42. The molecule has 1 rings (SSSR count). The fourth-order valence-corrected chi connectivity index (χ4v) is 2.69. The van der Waals surface area contributed by atoms with Crippen molar-refractivity contribution in [3.05, 3.63) is 34.3 Å². The van der Waals surface area contributed by atoms with Crippen LogP contribution in [0.15, 0.2) is 28.7 Å². The number of amides is 2. The topological polar surface area (TPSA) is 115 Å². The maximum absolute atomic E-state index is 12.6. The molecule has 1 aromatic rings. The lowest BCUT2D eigenvalue weighted by atomic mass is 9.99. The van der Waals surface area contributed by atoms with Crippen LogP contribution in [-0.4, -0.2) is 70.0 Å². The summed E-state index contributed by atoms with van der Waals surface area (Å²) in [5, 5.41) is 11.9. The minimum absolute atomic E-state index is 0.0614. The van der Waals surface area contributed by atoms with E-state index in [-0.39, 0.29) is 32.3 Å². The quantitative estimate of drug-likeness (QED) is 0.153. The van der Waals surface area contributed by atoms with Crippen molar-refractivity contribution in [1.29, 1.82) is 0 Å². The lowest BCUT2D eigenvalue weighted by molar-refractivity contribution is -0.136. The molecular weight excluding hydrogens is 448 g/mol. The van der Waals surface area contributed by atoms with Gasteiger partial charge in [0.1, 0.15) is 6.79 Å². The number of ether oxygens (including phenoxy) is 4. The highest BCUT2D eigenvalue weighted by Gasteiger charge is 2.25. The molecule has 0 saturated carbocycles. The van der Waals surface area contributed by atoms with Gasteiger partial charge in [-0.1, -0.05) is 15.9 Å². The van der Waals surface area contributed by atoms with Crippen LogP contribution in [0.4, 0.5) is 0 Å². The molecule has 0 fully saturated rings. The second kappa shape index (κ2) is 15.3. The lowest BCUT2D eigenvalue weighted by Crippen LogP contribution is -2.43. The number of methoxy groups -OCH3 is 1. The van der Waals surface area contributed by atoms with Crippen molar-refractivity contribution in [2.24, 2.45) is 5.92 Å². The maximum Gasteiger partial charge on any atom is 0.251 e. The van der Waals surface area contributed by atoms with E-state index in [1.54, 1.807) is 36.9 Å². The van der Waals surface area contributed by atoms with Crippen molar-refractivity contribution >= 4 is 27.7 Å². The number of benzene rings is 1. The van der Waals surface area contributed by atoms with E-state index in [4.69, 9.17) is 24.2 Å². The Hall–Kier alpha value is -1.56. The van der Waals surface area contributed by atoms with Gasteiger partial charge in [0.2, 0.25) is 5.91 Å². The Labute approximate surface area is 179 Å². The molecule has 10 heteroatoms. The number of halogens is 1. The van der Waals surface area contributed by atoms with Crippen molar-refractivity contribution in [1.82, 2.24) is 10.8 Å². The van der Waals surface area contributed by atoms with E-state index in [0.29, 0.717) is 25.4 Å². The standard InChI is InChI=1S/C19H29BrN2O7/c1-3-27-13-29-12-17(21-18(23)14-4-6-16(20)7-5-14)10-15(19(24)22-25)11-28-9-8-26-2/h4-7,15,17,25H,3,8-13H2,1-2H3,(H,21,23)(H,22,24). The van der Waals surface area contributed by atoms with Crippen LogP contribution >= 0.6 is 15.9 Å². The SMILES string of the molecule is CCOCOCC(CC(COCCOC)C(=O)NO)NC(=O)c1ccc(Br)cc1. The zero-order valence-electron chi connectivity index (χ0n) is 16.7. The normalized spacial score (nSPS) is 13.0. The molecule has 0 bridgehead atoms. The zero-order chi connectivity index (χ0) is 21.5. The van der Waals surface area contributed by atoms with Gasteiger partial charge in [0.05, 0.1) is 38.4 Å². The number of carbonyl (C=O) groups excluding carboxylic acids is 2. The van der Waals surface area contributed by atoms with Crippen LogP contribution < -0.4 is 10.8 Å². The third-order valence-corrected chi connectivity index (χ3v) is 4.46. The highest BCUT2D eigenvalue weighted by Crippen LogP contribution is 2.13. The summed E-state index contributed by atoms with van der Waals surface area (Å²) in [5.74, 6) is -1.59. The van der Waals surface area contributed by atoms with Crippen LogP contribution in [0.3, 0.4) is 0 Å². The van der Waals surface area contributed by atoms with Gasteiger partial charge < -0.3 is 24.3 Å². The first-order valence-corrected chi connectivity index (χ1v) is 10.0. The molecule has 2 atom stereocenters. The second-order valence-electron chi connectivity index (χ2n) is 6.14. The van der Waals surface area contributed by atoms with Crippen LogP contribution in [0.5, 0.6) is 0 Å². The van der Waals surface area contributed by atoms with Gasteiger partial charge in [-0.3, -0.25) is 14.8 Å². The molecule has 29 heavy (non-hydrogen) atoms. The minimum Gasteiger partial charge on any atom is -0.382 e. The third kappa shape index (κ3) is 10.7. The summed E-state index contributed by atoms with van der Waals surface area (Å²) >= 11 is 3.33. The third-order valence-electron chi connectivity index (χ3n) is 3.93. The first kappa shape index (κ1) is 25.5. The van der Waals surface area contributed by atoms with Gasteiger partial charge in [-0.2, -0.15) is 0 Å². The first-order valence-electron chi connectivity index (χ1n) is 9.24. The first-order chi connectivity index (χ1) is 14.0. The summed E-state index contributed by atoms with van der Waals surface area (Å²) in [7, 11) is 1.55. The summed E-state index contributed by atoms with van der Waals surface area (Å²) in [4.78, 5) is 24.6. The molecule has 164 valence electrons. The summed E-state index contributed by atoms with van der Waals surface area (Å²) in [6, 6.07) is 6.40. The molecule has 0 heterocycles. The van der Waals surface area contributed by atoms with Crippen LogP contribution in [0.1, 0.15) is 23.7 Å². The van der Waals surface area contributed by atoms with Crippen LogP contribution in [0, 0.1) is 5.92 Å². The Balaban J connectivity index is 2.76. The zero-order valence-corrected chi connectivity index (χ0v) is 18.3. The molecule has 0 aromatic heterocycles. The van der Waals surface area contributed by atoms with Crippen molar-refractivity contribution in [2.45, 2.75) is 19.4 Å². The molecule has 2 amide bonds. The maximum atomic E-state index is 12.6. The lowest BCUT2D eigenvalue weighted by Gasteiger charge is -2.23. The van der Waals surface area contributed by atoms with E-state index in [0.717, 1.165) is 4.47 Å². The van der Waals surface area contributed by atoms with Gasteiger partial charge in [0.25, 0.3) is 5.91 Å². The predicted molar refractivity (Wildman–Crippen MR) is 109 cm³/mol. The highest BCUT2D eigenvalue weighted by atomic mass is 79.9. The molecule has 0 aliphatic heterocycles. The molecule has 2 unspecified atom stereocenters. The summed E-state index contributed by atoms with van der Waals surface area (Å²) in [6.07, 6.45) is 0.202. The number of nitrogens with one attached hydrogen (secondary N) is 2. The van der Waals surface area contributed by atoms with Crippen molar-refractivity contribution in [3.8, 4) is 0 Å². The molecule has 0 spiro atoms. The Kier molecular flexibility index (Phi) is 13.4. The smallest absolute Gasteiger partial charge is 0.251 e. The number of hydrogen-bond donors (Lipinski definition) is 3. The van der Waals surface area contributed by atoms with Gasteiger partial charge >= 0.3 is 0 Å². The van der Waals surface area contributed by atoms with Gasteiger partial charge in [0, 0.05) is 23.8 Å². The molecule has 9 nitrogen and oxygen atoms in total. The van der Waals surface area contributed by atoms with Crippen LogP contribution in [0.2, 0.25) is 0 Å². The summed E-state index contributed by atoms with van der Waals surface area (Å²) in [6.45, 7) is 3.30. The number of carbonyl (C=O) groups is 2. The Morgan fingerprint density at radius 2 is 1.83 bits per heavy atom.